The van der Waals surface area contributed by atoms with Gasteiger partial charge in [-0.2, -0.15) is 0 Å². The lowest BCUT2D eigenvalue weighted by molar-refractivity contribution is 0.527. The van der Waals surface area contributed by atoms with Crippen molar-refractivity contribution in [1.29, 1.82) is 0 Å². The van der Waals surface area contributed by atoms with Gasteiger partial charge in [-0.15, -0.1) is 0 Å². The fraction of sp³-hybridized carbons (Fsp3) is 0.400. The Kier molecular flexibility index (Phi) is 4.76. The lowest BCUT2D eigenvalue weighted by atomic mass is 10.2. The third-order valence-corrected chi connectivity index (χ3v) is 4.02. The van der Waals surface area contributed by atoms with E-state index in [1.54, 1.807) is 0 Å². The number of hydrogen-bond acceptors (Lipinski definition) is 2. The van der Waals surface area contributed by atoms with E-state index in [2.05, 4.69) is 50.8 Å². The second-order valence-electron chi connectivity index (χ2n) is 5.46. The van der Waals surface area contributed by atoms with Crippen LogP contribution in [-0.4, -0.2) is 9.55 Å². The molecule has 0 aliphatic rings. The molecule has 3 nitrogen and oxygen atoms in total. The molecular formula is C15H19BrClN3. The molecule has 5 heteroatoms. The van der Waals surface area contributed by atoms with Gasteiger partial charge >= 0.3 is 0 Å². The van der Waals surface area contributed by atoms with Gasteiger partial charge < -0.3 is 9.88 Å². The molecule has 20 heavy (non-hydrogen) atoms. The number of halogens is 2. The summed E-state index contributed by atoms with van der Waals surface area (Å²) >= 11 is 9.76. The Labute approximate surface area is 133 Å². The predicted octanol–water partition coefficient (Wildman–Crippen LogP) is 5.32. The minimum Gasteiger partial charge on any atom is -0.325 e. The van der Waals surface area contributed by atoms with Crippen molar-refractivity contribution < 1.29 is 0 Å². The molecule has 1 aromatic heterocycles. The molecule has 1 aromatic carbocycles. The number of aryl methyl sites for hydroxylation is 2. The molecule has 108 valence electrons. The quantitative estimate of drug-likeness (QED) is 0.804. The Morgan fingerprint density at radius 1 is 1.35 bits per heavy atom. The van der Waals surface area contributed by atoms with Crippen molar-refractivity contribution in [2.75, 3.05) is 5.32 Å². The van der Waals surface area contributed by atoms with Gasteiger partial charge in [0.25, 0.3) is 0 Å². The molecule has 0 spiro atoms. The first-order valence-electron chi connectivity index (χ1n) is 6.63. The van der Waals surface area contributed by atoms with E-state index in [0.717, 1.165) is 38.9 Å². The van der Waals surface area contributed by atoms with Crippen molar-refractivity contribution in [2.24, 2.45) is 5.92 Å². The summed E-state index contributed by atoms with van der Waals surface area (Å²) in [6.45, 7) is 9.30. The molecule has 0 saturated carbocycles. The third kappa shape index (κ3) is 3.55. The van der Waals surface area contributed by atoms with Crippen LogP contribution in [0.25, 0.3) is 0 Å². The lowest BCUT2D eigenvalue weighted by Crippen LogP contribution is -2.07. The number of nitrogens with one attached hydrogen (secondary N) is 1. The van der Waals surface area contributed by atoms with Gasteiger partial charge in [0.2, 0.25) is 5.95 Å². The van der Waals surface area contributed by atoms with Crippen LogP contribution >= 0.6 is 27.5 Å². The fourth-order valence-corrected chi connectivity index (χ4v) is 2.76. The van der Waals surface area contributed by atoms with Crippen molar-refractivity contribution in [3.63, 3.8) is 0 Å². The van der Waals surface area contributed by atoms with Gasteiger partial charge in [-0.3, -0.25) is 0 Å². The molecule has 0 fully saturated rings. The van der Waals surface area contributed by atoms with Crippen molar-refractivity contribution in [3.05, 3.63) is 39.1 Å². The molecule has 0 bridgehead atoms. The highest BCUT2D eigenvalue weighted by Gasteiger charge is 2.10. The van der Waals surface area contributed by atoms with E-state index in [1.165, 1.54) is 0 Å². The molecule has 0 amide bonds. The monoisotopic (exact) mass is 355 g/mol. The van der Waals surface area contributed by atoms with Crippen LogP contribution < -0.4 is 5.32 Å². The van der Waals surface area contributed by atoms with Crippen LogP contribution in [0.5, 0.6) is 0 Å². The van der Waals surface area contributed by atoms with Crippen molar-refractivity contribution in [2.45, 2.75) is 34.2 Å². The van der Waals surface area contributed by atoms with Crippen LogP contribution in [0.2, 0.25) is 5.02 Å². The summed E-state index contributed by atoms with van der Waals surface area (Å²) in [5.74, 6) is 1.41. The topological polar surface area (TPSA) is 29.9 Å². The Balaban J connectivity index is 2.32. The summed E-state index contributed by atoms with van der Waals surface area (Å²) in [5, 5.41) is 4.10. The van der Waals surface area contributed by atoms with E-state index in [-0.39, 0.29) is 0 Å². The molecule has 0 saturated heterocycles. The number of hydrogen-bond donors (Lipinski definition) is 1. The third-order valence-electron chi connectivity index (χ3n) is 2.95. The first kappa shape index (κ1) is 15.4. The first-order chi connectivity index (χ1) is 9.36. The van der Waals surface area contributed by atoms with Crippen LogP contribution in [0.4, 0.5) is 11.6 Å². The maximum absolute atomic E-state index is 6.19. The molecule has 0 aliphatic carbocycles. The van der Waals surface area contributed by atoms with Crippen molar-refractivity contribution in [1.82, 2.24) is 9.55 Å². The summed E-state index contributed by atoms with van der Waals surface area (Å²) in [6.07, 6.45) is 2.06. The van der Waals surface area contributed by atoms with Crippen LogP contribution in [-0.2, 0) is 6.54 Å². The first-order valence-corrected chi connectivity index (χ1v) is 7.80. The number of benzene rings is 1. The summed E-state index contributed by atoms with van der Waals surface area (Å²) < 4.78 is 3.12. The summed E-state index contributed by atoms with van der Waals surface area (Å²) in [4.78, 5) is 4.54. The van der Waals surface area contributed by atoms with Gasteiger partial charge in [-0.05, 0) is 53.4 Å². The lowest BCUT2D eigenvalue weighted by Gasteiger charge is -2.13. The van der Waals surface area contributed by atoms with Crippen LogP contribution in [0.15, 0.2) is 22.8 Å². The molecular weight excluding hydrogens is 338 g/mol. The van der Waals surface area contributed by atoms with Crippen LogP contribution in [0.3, 0.4) is 0 Å². The molecule has 2 rings (SSSR count). The molecule has 0 atom stereocenters. The second kappa shape index (κ2) is 6.19. The number of anilines is 2. The van der Waals surface area contributed by atoms with E-state index < -0.39 is 0 Å². The van der Waals surface area contributed by atoms with Crippen molar-refractivity contribution >= 4 is 39.2 Å². The highest BCUT2D eigenvalue weighted by atomic mass is 79.9. The predicted molar refractivity (Wildman–Crippen MR) is 89.0 cm³/mol. The minimum absolute atomic E-state index is 0.564. The molecule has 0 aliphatic heterocycles. The highest BCUT2D eigenvalue weighted by Crippen LogP contribution is 2.31. The van der Waals surface area contributed by atoms with Crippen molar-refractivity contribution in [3.8, 4) is 0 Å². The number of nitrogens with zero attached hydrogens (tertiary/aromatic N) is 2. The maximum atomic E-state index is 6.19. The number of rotatable bonds is 4. The molecule has 2 aromatic rings. The summed E-state index contributed by atoms with van der Waals surface area (Å²) in [7, 11) is 0. The summed E-state index contributed by atoms with van der Waals surface area (Å²) in [6, 6.07) is 3.93. The molecule has 1 heterocycles. The zero-order chi connectivity index (χ0) is 14.9. The molecule has 0 radical (unpaired) electrons. The normalized spacial score (nSPS) is 11.2. The van der Waals surface area contributed by atoms with E-state index in [1.807, 2.05) is 26.0 Å². The number of imidazole rings is 1. The summed E-state index contributed by atoms with van der Waals surface area (Å²) in [5.41, 5.74) is 2.98. The molecule has 0 unspecified atom stereocenters. The van der Waals surface area contributed by atoms with E-state index in [9.17, 15) is 0 Å². The average molecular weight is 357 g/mol. The van der Waals surface area contributed by atoms with Crippen LogP contribution in [0.1, 0.15) is 25.1 Å². The largest absolute Gasteiger partial charge is 0.325 e. The van der Waals surface area contributed by atoms with Gasteiger partial charge in [-0.25, -0.2) is 4.98 Å². The molecule has 1 N–H and O–H groups in total. The zero-order valence-corrected chi connectivity index (χ0v) is 14.5. The highest BCUT2D eigenvalue weighted by molar-refractivity contribution is 9.10. The maximum Gasteiger partial charge on any atom is 0.207 e. The Morgan fingerprint density at radius 3 is 2.70 bits per heavy atom. The van der Waals surface area contributed by atoms with Gasteiger partial charge in [0.05, 0.1) is 11.4 Å². The van der Waals surface area contributed by atoms with Gasteiger partial charge in [0.1, 0.15) is 0 Å². The average Bonchev–Trinajstić information content (AvgIpc) is 2.65. The van der Waals surface area contributed by atoms with Crippen LogP contribution in [0, 0.1) is 19.8 Å². The second-order valence-corrected chi connectivity index (χ2v) is 6.72. The SMILES string of the molecule is Cc1cn(CC(C)C)c(Nc2cc(Cl)c(C)cc2Br)n1. The smallest absolute Gasteiger partial charge is 0.207 e. The Morgan fingerprint density at radius 2 is 2.05 bits per heavy atom. The standard InChI is InChI=1S/C15H19BrClN3/c1-9(2)7-20-8-11(4)18-15(20)19-14-6-13(17)10(3)5-12(14)16/h5-6,8-9H,7H2,1-4H3,(H,18,19). The number of aromatic nitrogens is 2. The van der Waals surface area contributed by atoms with E-state index in [4.69, 9.17) is 11.6 Å². The Hall–Kier alpha value is -1.000. The van der Waals surface area contributed by atoms with Gasteiger partial charge in [-0.1, -0.05) is 25.4 Å². The van der Waals surface area contributed by atoms with E-state index >= 15 is 0 Å². The van der Waals surface area contributed by atoms with Gasteiger partial charge in [0, 0.05) is 22.2 Å². The van der Waals surface area contributed by atoms with Gasteiger partial charge in [0.15, 0.2) is 0 Å². The minimum atomic E-state index is 0.564. The fourth-order valence-electron chi connectivity index (χ4n) is 2.04. The Bertz CT molecular complexity index is 620. The zero-order valence-electron chi connectivity index (χ0n) is 12.2. The van der Waals surface area contributed by atoms with E-state index in [0.29, 0.717) is 5.92 Å².